The molecule has 0 radical (unpaired) electrons. The van der Waals surface area contributed by atoms with Crippen LogP contribution in [0, 0.1) is 0 Å². The van der Waals surface area contributed by atoms with Gasteiger partial charge in [-0.25, -0.2) is 13.4 Å². The number of carbonyl (C=O) groups is 1. The molecule has 1 aromatic rings. The fraction of sp³-hybridized carbons (Fsp3) is 0.636. The molecule has 0 aromatic carbocycles. The third kappa shape index (κ3) is 3.52. The van der Waals surface area contributed by atoms with Crippen molar-refractivity contribution in [3.63, 3.8) is 0 Å². The lowest BCUT2D eigenvalue weighted by Crippen LogP contribution is -2.23. The first kappa shape index (κ1) is 13.5. The molecule has 2 heterocycles. The fourth-order valence-electron chi connectivity index (χ4n) is 2.07. The topological polar surface area (TPSA) is 84.3 Å². The van der Waals surface area contributed by atoms with Gasteiger partial charge in [-0.15, -0.1) is 11.3 Å². The highest BCUT2D eigenvalue weighted by atomic mass is 32.2. The number of hydrogen-bond donors (Lipinski definition) is 1. The summed E-state index contributed by atoms with van der Waals surface area (Å²) in [5.41, 5.74) is 0. The number of aliphatic carboxylic acids is 1. The second-order valence-electron chi connectivity index (χ2n) is 4.51. The Hall–Kier alpha value is -0.950. The van der Waals surface area contributed by atoms with Crippen LogP contribution in [-0.4, -0.2) is 36.0 Å². The van der Waals surface area contributed by atoms with Crippen LogP contribution < -0.4 is 0 Å². The number of carboxylic acids is 1. The van der Waals surface area contributed by atoms with Crippen LogP contribution in [0.4, 0.5) is 0 Å². The number of aromatic nitrogens is 1. The quantitative estimate of drug-likeness (QED) is 0.907. The van der Waals surface area contributed by atoms with Crippen LogP contribution in [0.5, 0.6) is 0 Å². The van der Waals surface area contributed by atoms with E-state index in [1.807, 2.05) is 0 Å². The van der Waals surface area contributed by atoms with Gasteiger partial charge in [-0.1, -0.05) is 0 Å². The van der Waals surface area contributed by atoms with Gasteiger partial charge in [0.15, 0.2) is 9.84 Å². The van der Waals surface area contributed by atoms with Crippen molar-refractivity contribution in [2.24, 2.45) is 0 Å². The monoisotopic (exact) mass is 289 g/mol. The van der Waals surface area contributed by atoms with Crippen molar-refractivity contribution >= 4 is 27.1 Å². The van der Waals surface area contributed by atoms with Gasteiger partial charge in [0.1, 0.15) is 0 Å². The molecule has 0 spiro atoms. The molecule has 100 valence electrons. The average Bonchev–Trinajstić information content (AvgIpc) is 2.73. The molecular formula is C11H15NO4S2. The molecule has 1 saturated heterocycles. The van der Waals surface area contributed by atoms with Gasteiger partial charge in [-0.05, 0) is 19.3 Å². The normalized spacial score (nSPS) is 22.8. The number of thiazole rings is 1. The number of carboxylic acid groups (broad SMARTS) is 1. The predicted octanol–water partition coefficient (Wildman–Crippen LogP) is 1.45. The summed E-state index contributed by atoms with van der Waals surface area (Å²) in [6, 6.07) is 0. The highest BCUT2D eigenvalue weighted by Crippen LogP contribution is 2.31. The van der Waals surface area contributed by atoms with Gasteiger partial charge in [-0.3, -0.25) is 4.79 Å². The lowest BCUT2D eigenvalue weighted by molar-refractivity contribution is -0.136. The van der Waals surface area contributed by atoms with E-state index in [-0.39, 0.29) is 23.8 Å². The minimum absolute atomic E-state index is 0.00710. The number of aryl methyl sites for hydroxylation is 1. The highest BCUT2D eigenvalue weighted by molar-refractivity contribution is 7.91. The molecule has 18 heavy (non-hydrogen) atoms. The lowest BCUT2D eigenvalue weighted by Gasteiger charge is -2.19. The summed E-state index contributed by atoms with van der Waals surface area (Å²) in [7, 11) is -2.92. The van der Waals surface area contributed by atoms with Crippen LogP contribution in [0.2, 0.25) is 0 Å². The molecule has 0 amide bonds. The Morgan fingerprint density at radius 3 is 3.00 bits per heavy atom. The average molecular weight is 289 g/mol. The Kier molecular flexibility index (Phi) is 4.01. The van der Waals surface area contributed by atoms with Crippen molar-refractivity contribution in [2.75, 3.05) is 11.5 Å². The summed E-state index contributed by atoms with van der Waals surface area (Å²) >= 11 is 1.44. The van der Waals surface area contributed by atoms with Crippen LogP contribution in [0.1, 0.15) is 35.1 Å². The Morgan fingerprint density at radius 2 is 2.33 bits per heavy atom. The molecule has 1 N–H and O–H groups in total. The van der Waals surface area contributed by atoms with Crippen LogP contribution >= 0.6 is 11.3 Å². The largest absolute Gasteiger partial charge is 0.481 e. The molecule has 1 aliphatic heterocycles. The molecule has 0 bridgehead atoms. The first-order chi connectivity index (χ1) is 8.46. The number of sulfone groups is 1. The minimum Gasteiger partial charge on any atom is -0.481 e. The molecule has 2 rings (SSSR count). The summed E-state index contributed by atoms with van der Waals surface area (Å²) in [6.45, 7) is 0. The third-order valence-corrected chi connectivity index (χ3v) is 6.01. The van der Waals surface area contributed by atoms with Gasteiger partial charge in [0.05, 0.1) is 22.9 Å². The van der Waals surface area contributed by atoms with Crippen molar-refractivity contribution < 1.29 is 18.3 Å². The zero-order valence-electron chi connectivity index (χ0n) is 9.83. The van der Waals surface area contributed by atoms with E-state index in [2.05, 4.69) is 4.98 Å². The van der Waals surface area contributed by atoms with Crippen LogP contribution in [-0.2, 0) is 21.1 Å². The van der Waals surface area contributed by atoms with E-state index in [1.165, 1.54) is 11.3 Å². The van der Waals surface area contributed by atoms with E-state index < -0.39 is 15.8 Å². The van der Waals surface area contributed by atoms with Crippen LogP contribution in [0.25, 0.3) is 0 Å². The number of nitrogens with zero attached hydrogens (tertiary/aromatic N) is 1. The fourth-order valence-corrected chi connectivity index (χ4v) is 4.94. The Morgan fingerprint density at radius 1 is 1.56 bits per heavy atom. The second kappa shape index (κ2) is 5.36. The molecular weight excluding hydrogens is 274 g/mol. The molecule has 1 aliphatic rings. The minimum atomic E-state index is -2.92. The third-order valence-electron chi connectivity index (χ3n) is 2.97. The SMILES string of the molecule is O=C(O)CCc1cnc(C2CCCS(=O)(=O)C2)s1. The van der Waals surface area contributed by atoms with Crippen molar-refractivity contribution in [1.82, 2.24) is 4.98 Å². The Labute approximate surface area is 110 Å². The maximum absolute atomic E-state index is 11.6. The van der Waals surface area contributed by atoms with E-state index in [0.717, 1.165) is 16.3 Å². The summed E-state index contributed by atoms with van der Waals surface area (Å²) in [6.07, 6.45) is 3.77. The lowest BCUT2D eigenvalue weighted by atomic mass is 10.1. The van der Waals surface area contributed by atoms with E-state index in [0.29, 0.717) is 12.8 Å². The maximum atomic E-state index is 11.6. The van der Waals surface area contributed by atoms with Crippen LogP contribution in [0.15, 0.2) is 6.20 Å². The zero-order chi connectivity index (χ0) is 13.2. The Balaban J connectivity index is 2.03. The molecule has 1 fully saturated rings. The highest BCUT2D eigenvalue weighted by Gasteiger charge is 2.27. The standard InChI is InChI=1S/C11H15NO4S2/c13-10(14)4-3-9-6-12-11(17-9)8-2-1-5-18(15,16)7-8/h6,8H,1-5,7H2,(H,13,14). The second-order valence-corrected chi connectivity index (χ2v) is 7.89. The van der Waals surface area contributed by atoms with E-state index in [1.54, 1.807) is 6.20 Å². The van der Waals surface area contributed by atoms with Gasteiger partial charge in [0.2, 0.25) is 0 Å². The molecule has 7 heteroatoms. The molecule has 0 saturated carbocycles. The number of rotatable bonds is 4. The first-order valence-electron chi connectivity index (χ1n) is 5.83. The van der Waals surface area contributed by atoms with Gasteiger partial charge >= 0.3 is 5.97 Å². The van der Waals surface area contributed by atoms with E-state index >= 15 is 0 Å². The van der Waals surface area contributed by atoms with Crippen molar-refractivity contribution in [1.29, 1.82) is 0 Å². The van der Waals surface area contributed by atoms with E-state index in [4.69, 9.17) is 5.11 Å². The van der Waals surface area contributed by atoms with E-state index in [9.17, 15) is 13.2 Å². The zero-order valence-corrected chi connectivity index (χ0v) is 11.5. The van der Waals surface area contributed by atoms with Crippen molar-refractivity contribution in [3.05, 3.63) is 16.1 Å². The summed E-state index contributed by atoms with van der Waals surface area (Å²) in [4.78, 5) is 15.6. The predicted molar refractivity (Wildman–Crippen MR) is 68.7 cm³/mol. The molecule has 5 nitrogen and oxygen atoms in total. The Bertz CT molecular complexity index is 535. The van der Waals surface area contributed by atoms with Crippen molar-refractivity contribution in [2.45, 2.75) is 31.6 Å². The smallest absolute Gasteiger partial charge is 0.303 e. The maximum Gasteiger partial charge on any atom is 0.303 e. The first-order valence-corrected chi connectivity index (χ1v) is 8.47. The number of hydrogen-bond acceptors (Lipinski definition) is 5. The van der Waals surface area contributed by atoms with Gasteiger partial charge in [0.25, 0.3) is 0 Å². The van der Waals surface area contributed by atoms with Gasteiger partial charge < -0.3 is 5.11 Å². The van der Waals surface area contributed by atoms with Gasteiger partial charge in [0, 0.05) is 17.0 Å². The molecule has 1 atom stereocenters. The molecule has 0 aliphatic carbocycles. The summed E-state index contributed by atoms with van der Waals surface area (Å²) < 4.78 is 23.1. The van der Waals surface area contributed by atoms with Gasteiger partial charge in [-0.2, -0.15) is 0 Å². The molecule has 1 aromatic heterocycles. The molecule has 1 unspecified atom stereocenters. The summed E-state index contributed by atoms with van der Waals surface area (Å²) in [5.74, 6) is -0.378. The van der Waals surface area contributed by atoms with Crippen molar-refractivity contribution in [3.8, 4) is 0 Å². The summed E-state index contributed by atoms with van der Waals surface area (Å²) in [5, 5.41) is 9.44. The van der Waals surface area contributed by atoms with Crippen LogP contribution in [0.3, 0.4) is 0 Å².